The molecule has 154 valence electrons. The second-order valence-electron chi connectivity index (χ2n) is 7.63. The summed E-state index contributed by atoms with van der Waals surface area (Å²) in [4.78, 5) is 0. The molecule has 5 rings (SSSR count). The summed E-state index contributed by atoms with van der Waals surface area (Å²) in [6.45, 7) is 0.181. The Morgan fingerprint density at radius 2 is 1.62 bits per heavy atom. The maximum Gasteiger partial charge on any atom is 0.231 e. The Morgan fingerprint density at radius 3 is 2.28 bits per heavy atom. The normalized spacial score (nSPS) is 26.3. The quantitative estimate of drug-likeness (QED) is 0.842. The molecule has 1 fully saturated rings. The topological polar surface area (TPSA) is 75.6 Å². The van der Waals surface area contributed by atoms with E-state index in [9.17, 15) is 5.11 Å². The molecule has 1 aliphatic carbocycles. The Balaban J connectivity index is 1.71. The van der Waals surface area contributed by atoms with Crippen LogP contribution < -0.4 is 28.4 Å². The standard InChI is InChI=1S/C22H24O7/c1-24-18-7-12(8-19(25-2)21(18)26-3)20-13-9-16-17(28-11-27-16)10-15(13)29-22(23)6-4-5-14(20)22/h7-10,14,20,23H,4-6,11H2,1-3H3/t14-,20+,22?/m0/s1. The number of aliphatic hydroxyl groups is 1. The lowest BCUT2D eigenvalue weighted by Gasteiger charge is -2.42. The van der Waals surface area contributed by atoms with Gasteiger partial charge in [0.1, 0.15) is 5.75 Å². The number of ether oxygens (including phenoxy) is 6. The highest BCUT2D eigenvalue weighted by molar-refractivity contribution is 5.60. The fraction of sp³-hybridized carbons (Fsp3) is 0.455. The molecule has 0 spiro atoms. The summed E-state index contributed by atoms with van der Waals surface area (Å²) in [6.07, 6.45) is 2.33. The van der Waals surface area contributed by atoms with Crippen molar-refractivity contribution in [2.24, 2.45) is 5.92 Å². The van der Waals surface area contributed by atoms with Gasteiger partial charge in [-0.05, 0) is 36.6 Å². The molecule has 2 aromatic carbocycles. The van der Waals surface area contributed by atoms with Gasteiger partial charge in [-0.1, -0.05) is 0 Å². The Hall–Kier alpha value is -2.80. The smallest absolute Gasteiger partial charge is 0.231 e. The van der Waals surface area contributed by atoms with E-state index in [0.717, 1.165) is 24.0 Å². The number of rotatable bonds is 4. The second-order valence-corrected chi connectivity index (χ2v) is 7.63. The molecular formula is C22H24O7. The van der Waals surface area contributed by atoms with Crippen molar-refractivity contribution >= 4 is 0 Å². The van der Waals surface area contributed by atoms with Crippen molar-refractivity contribution in [1.82, 2.24) is 0 Å². The fourth-order valence-electron chi connectivity index (χ4n) is 4.91. The summed E-state index contributed by atoms with van der Waals surface area (Å²) in [5.74, 6) is 2.21. The predicted octanol–water partition coefficient (Wildman–Crippen LogP) is 3.45. The van der Waals surface area contributed by atoms with Crippen LogP contribution in [0.4, 0.5) is 0 Å². The van der Waals surface area contributed by atoms with E-state index in [-0.39, 0.29) is 18.6 Å². The van der Waals surface area contributed by atoms with Crippen LogP contribution in [0.25, 0.3) is 0 Å². The molecule has 1 saturated carbocycles. The second kappa shape index (κ2) is 6.62. The third-order valence-corrected chi connectivity index (χ3v) is 6.20. The average Bonchev–Trinajstić information content (AvgIpc) is 3.34. The molecule has 0 amide bonds. The Kier molecular flexibility index (Phi) is 4.17. The number of benzene rings is 2. The van der Waals surface area contributed by atoms with Gasteiger partial charge in [-0.25, -0.2) is 0 Å². The summed E-state index contributed by atoms with van der Waals surface area (Å²) in [7, 11) is 4.78. The minimum absolute atomic E-state index is 0.0989. The van der Waals surface area contributed by atoms with Crippen LogP contribution in [0.1, 0.15) is 36.3 Å². The lowest BCUT2D eigenvalue weighted by molar-refractivity contribution is -0.175. The van der Waals surface area contributed by atoms with Gasteiger partial charge in [0, 0.05) is 29.9 Å². The van der Waals surface area contributed by atoms with E-state index >= 15 is 0 Å². The first-order valence-electron chi connectivity index (χ1n) is 9.73. The molecule has 7 nitrogen and oxygen atoms in total. The van der Waals surface area contributed by atoms with E-state index in [1.54, 1.807) is 21.3 Å². The van der Waals surface area contributed by atoms with Crippen molar-refractivity contribution < 1.29 is 33.5 Å². The van der Waals surface area contributed by atoms with Gasteiger partial charge in [-0.2, -0.15) is 0 Å². The zero-order valence-corrected chi connectivity index (χ0v) is 16.7. The average molecular weight is 400 g/mol. The molecule has 0 bridgehead atoms. The minimum Gasteiger partial charge on any atom is -0.493 e. The molecule has 0 aromatic heterocycles. The van der Waals surface area contributed by atoms with Gasteiger partial charge in [-0.15, -0.1) is 0 Å². The van der Waals surface area contributed by atoms with Crippen molar-refractivity contribution in [2.45, 2.75) is 31.0 Å². The molecule has 2 heterocycles. The van der Waals surface area contributed by atoms with Crippen LogP contribution in [-0.2, 0) is 0 Å². The lowest BCUT2D eigenvalue weighted by Crippen LogP contribution is -2.46. The first kappa shape index (κ1) is 18.2. The van der Waals surface area contributed by atoms with Gasteiger partial charge >= 0.3 is 0 Å². The van der Waals surface area contributed by atoms with Crippen LogP contribution in [0.5, 0.6) is 34.5 Å². The molecule has 2 aliphatic heterocycles. The van der Waals surface area contributed by atoms with E-state index < -0.39 is 5.79 Å². The maximum atomic E-state index is 11.3. The van der Waals surface area contributed by atoms with E-state index in [1.807, 2.05) is 24.3 Å². The molecule has 0 radical (unpaired) electrons. The molecule has 0 saturated heterocycles. The molecule has 2 aromatic rings. The lowest BCUT2D eigenvalue weighted by atomic mass is 9.75. The monoisotopic (exact) mass is 400 g/mol. The van der Waals surface area contributed by atoms with Gasteiger partial charge in [-0.3, -0.25) is 0 Å². The summed E-state index contributed by atoms with van der Waals surface area (Å²) < 4.78 is 33.8. The first-order chi connectivity index (χ1) is 14.1. The van der Waals surface area contributed by atoms with Crippen LogP contribution >= 0.6 is 0 Å². The van der Waals surface area contributed by atoms with Gasteiger partial charge in [0.25, 0.3) is 0 Å². The highest BCUT2D eigenvalue weighted by Gasteiger charge is 2.53. The van der Waals surface area contributed by atoms with Crippen molar-refractivity contribution in [1.29, 1.82) is 0 Å². The third kappa shape index (κ3) is 2.68. The number of hydrogen-bond donors (Lipinski definition) is 1. The predicted molar refractivity (Wildman–Crippen MR) is 103 cm³/mol. The van der Waals surface area contributed by atoms with Crippen molar-refractivity contribution in [3.05, 3.63) is 35.4 Å². The maximum absolute atomic E-state index is 11.3. The molecular weight excluding hydrogens is 376 g/mol. The minimum atomic E-state index is -1.22. The SMILES string of the molecule is COc1cc([C@@H]2c3cc4c(cc3OC3(O)CCC[C@@H]23)OCO4)cc(OC)c1OC. The van der Waals surface area contributed by atoms with Crippen molar-refractivity contribution in [3.63, 3.8) is 0 Å². The molecule has 1 unspecified atom stereocenters. The number of methoxy groups -OCH3 is 3. The Bertz CT molecular complexity index is 931. The van der Waals surface area contributed by atoms with E-state index in [0.29, 0.717) is 40.9 Å². The van der Waals surface area contributed by atoms with Gasteiger partial charge < -0.3 is 33.5 Å². The van der Waals surface area contributed by atoms with Crippen LogP contribution in [0.3, 0.4) is 0 Å². The van der Waals surface area contributed by atoms with Crippen LogP contribution in [-0.4, -0.2) is 39.0 Å². The summed E-state index contributed by atoms with van der Waals surface area (Å²) in [5.41, 5.74) is 1.92. The van der Waals surface area contributed by atoms with Crippen molar-refractivity contribution in [3.8, 4) is 34.5 Å². The summed E-state index contributed by atoms with van der Waals surface area (Å²) >= 11 is 0. The van der Waals surface area contributed by atoms with E-state index in [1.165, 1.54) is 0 Å². The zero-order chi connectivity index (χ0) is 20.2. The van der Waals surface area contributed by atoms with Crippen LogP contribution in [0, 0.1) is 5.92 Å². The largest absolute Gasteiger partial charge is 0.493 e. The van der Waals surface area contributed by atoms with Crippen LogP contribution in [0.2, 0.25) is 0 Å². The van der Waals surface area contributed by atoms with E-state index in [2.05, 4.69) is 0 Å². The molecule has 7 heteroatoms. The highest BCUT2D eigenvalue weighted by atomic mass is 16.7. The van der Waals surface area contributed by atoms with Gasteiger partial charge in [0.2, 0.25) is 18.3 Å². The summed E-state index contributed by atoms with van der Waals surface area (Å²) in [6, 6.07) is 7.67. The molecule has 1 N–H and O–H groups in total. The Labute approximate surface area is 169 Å². The van der Waals surface area contributed by atoms with Gasteiger partial charge in [0.05, 0.1) is 21.3 Å². The Morgan fingerprint density at radius 1 is 0.931 bits per heavy atom. The van der Waals surface area contributed by atoms with E-state index in [4.69, 9.17) is 28.4 Å². The molecule has 29 heavy (non-hydrogen) atoms. The van der Waals surface area contributed by atoms with Crippen LogP contribution in [0.15, 0.2) is 24.3 Å². The third-order valence-electron chi connectivity index (χ3n) is 6.20. The zero-order valence-electron chi connectivity index (χ0n) is 16.7. The highest BCUT2D eigenvalue weighted by Crippen LogP contribution is 2.57. The molecule has 3 atom stereocenters. The van der Waals surface area contributed by atoms with Gasteiger partial charge in [0.15, 0.2) is 23.0 Å². The molecule has 3 aliphatic rings. The number of fused-ring (bicyclic) bond motifs is 3. The number of hydrogen-bond acceptors (Lipinski definition) is 7. The van der Waals surface area contributed by atoms with Crippen molar-refractivity contribution in [2.75, 3.05) is 28.1 Å². The summed E-state index contributed by atoms with van der Waals surface area (Å²) in [5, 5.41) is 11.3. The first-order valence-corrected chi connectivity index (χ1v) is 9.73. The fourth-order valence-corrected chi connectivity index (χ4v) is 4.91.